The van der Waals surface area contributed by atoms with Gasteiger partial charge in [0.1, 0.15) is 6.04 Å². The van der Waals surface area contributed by atoms with Crippen molar-refractivity contribution in [2.45, 2.75) is 19.0 Å². The molecule has 7 nitrogen and oxygen atoms in total. The number of hydrazine groups is 1. The highest BCUT2D eigenvalue weighted by molar-refractivity contribution is 5.98. The van der Waals surface area contributed by atoms with Gasteiger partial charge in [0.25, 0.3) is 5.91 Å². The molecule has 0 bridgehead atoms. The number of amides is 2. The van der Waals surface area contributed by atoms with Gasteiger partial charge in [-0.05, 0) is 23.8 Å². The van der Waals surface area contributed by atoms with Crippen molar-refractivity contribution in [3.63, 3.8) is 0 Å². The summed E-state index contributed by atoms with van der Waals surface area (Å²) in [6, 6.07) is 16.9. The molecule has 2 aromatic rings. The molecule has 7 heteroatoms. The summed E-state index contributed by atoms with van der Waals surface area (Å²) in [5.41, 5.74) is 8.67. The molecule has 2 aliphatic heterocycles. The van der Waals surface area contributed by atoms with Gasteiger partial charge in [0.05, 0.1) is 19.3 Å². The lowest BCUT2D eigenvalue weighted by Gasteiger charge is -2.27. The number of carbonyl (C=O) groups excluding carboxylic acids is 2. The number of nitrogens with zero attached hydrogens (tertiary/aromatic N) is 1. The van der Waals surface area contributed by atoms with E-state index >= 15 is 0 Å². The molecule has 29 heavy (non-hydrogen) atoms. The fourth-order valence-electron chi connectivity index (χ4n) is 3.89. The minimum absolute atomic E-state index is 0.0393. The fraction of sp³-hybridized carbons (Fsp3) is 0.364. The van der Waals surface area contributed by atoms with Crippen LogP contribution in [0.25, 0.3) is 0 Å². The van der Waals surface area contributed by atoms with E-state index in [2.05, 4.69) is 28.3 Å². The van der Waals surface area contributed by atoms with Crippen LogP contribution in [0.1, 0.15) is 28.9 Å². The monoisotopic (exact) mass is 394 g/mol. The number of anilines is 1. The van der Waals surface area contributed by atoms with Crippen LogP contribution in [0.4, 0.5) is 5.69 Å². The van der Waals surface area contributed by atoms with Crippen molar-refractivity contribution in [3.05, 3.63) is 65.7 Å². The third-order valence-electron chi connectivity index (χ3n) is 5.56. The van der Waals surface area contributed by atoms with Crippen LogP contribution < -0.4 is 16.2 Å². The minimum Gasteiger partial charge on any atom is -0.378 e. The van der Waals surface area contributed by atoms with Crippen molar-refractivity contribution in [1.82, 2.24) is 15.8 Å². The number of hydrogen-bond acceptors (Lipinski definition) is 5. The molecule has 2 saturated heterocycles. The summed E-state index contributed by atoms with van der Waals surface area (Å²) in [7, 11) is 0. The van der Waals surface area contributed by atoms with Crippen molar-refractivity contribution >= 4 is 17.5 Å². The number of morpholine rings is 1. The Labute approximate surface area is 170 Å². The number of ether oxygens (including phenoxy) is 1. The summed E-state index contributed by atoms with van der Waals surface area (Å²) in [4.78, 5) is 27.3. The topological polar surface area (TPSA) is 82.7 Å². The van der Waals surface area contributed by atoms with Crippen LogP contribution in [0.5, 0.6) is 0 Å². The van der Waals surface area contributed by atoms with Gasteiger partial charge < -0.3 is 15.0 Å². The van der Waals surface area contributed by atoms with E-state index in [0.29, 0.717) is 37.6 Å². The first-order valence-corrected chi connectivity index (χ1v) is 9.97. The van der Waals surface area contributed by atoms with Gasteiger partial charge in [0.15, 0.2) is 0 Å². The molecule has 2 heterocycles. The number of carbonyl (C=O) groups is 2. The second kappa shape index (κ2) is 8.73. The van der Waals surface area contributed by atoms with E-state index < -0.39 is 0 Å². The molecule has 0 aliphatic carbocycles. The Morgan fingerprint density at radius 3 is 2.55 bits per heavy atom. The average molecular weight is 394 g/mol. The molecule has 2 amide bonds. The summed E-state index contributed by atoms with van der Waals surface area (Å²) in [6.45, 7) is 4.34. The van der Waals surface area contributed by atoms with Crippen LogP contribution in [0.15, 0.2) is 54.6 Å². The van der Waals surface area contributed by atoms with E-state index in [-0.39, 0.29) is 29.8 Å². The molecule has 0 aromatic heterocycles. The lowest BCUT2D eigenvalue weighted by molar-refractivity contribution is -0.118. The number of hydrogen-bond donors (Lipinski definition) is 3. The zero-order chi connectivity index (χ0) is 20.2. The number of nitrogens with one attached hydrogen (secondary N) is 3. The maximum Gasteiger partial charge on any atom is 0.254 e. The maximum atomic E-state index is 12.9. The molecule has 0 spiro atoms. The SMILES string of the molecule is CC1C(C(=O)Nc2cccc(C(=O)N3CCOCC3)c2)NNC1c1ccccc1. The number of benzene rings is 2. The van der Waals surface area contributed by atoms with Gasteiger partial charge in [0.2, 0.25) is 5.91 Å². The third kappa shape index (κ3) is 4.32. The van der Waals surface area contributed by atoms with E-state index in [1.54, 1.807) is 29.2 Å². The molecule has 3 N–H and O–H groups in total. The summed E-state index contributed by atoms with van der Waals surface area (Å²) < 4.78 is 5.31. The van der Waals surface area contributed by atoms with Crippen LogP contribution in [-0.4, -0.2) is 49.1 Å². The van der Waals surface area contributed by atoms with Crippen molar-refractivity contribution in [3.8, 4) is 0 Å². The van der Waals surface area contributed by atoms with Crippen molar-refractivity contribution in [1.29, 1.82) is 0 Å². The molecular formula is C22H26N4O3. The predicted octanol–water partition coefficient (Wildman–Crippen LogP) is 1.95. The van der Waals surface area contributed by atoms with Crippen molar-refractivity contribution < 1.29 is 14.3 Å². The van der Waals surface area contributed by atoms with Gasteiger partial charge in [-0.15, -0.1) is 0 Å². The van der Waals surface area contributed by atoms with Gasteiger partial charge in [-0.2, -0.15) is 0 Å². The Hall–Kier alpha value is -2.74. The van der Waals surface area contributed by atoms with Gasteiger partial charge in [-0.1, -0.05) is 43.3 Å². The lowest BCUT2D eigenvalue weighted by Crippen LogP contribution is -2.42. The largest absolute Gasteiger partial charge is 0.378 e. The summed E-state index contributed by atoms with van der Waals surface area (Å²) >= 11 is 0. The first-order chi connectivity index (χ1) is 14.1. The van der Waals surface area contributed by atoms with Crippen LogP contribution >= 0.6 is 0 Å². The molecule has 0 saturated carbocycles. The normalized spacial score (nSPS) is 24.3. The Bertz CT molecular complexity index is 867. The third-order valence-corrected chi connectivity index (χ3v) is 5.56. The summed E-state index contributed by atoms with van der Waals surface area (Å²) in [5.74, 6) is -0.0995. The Balaban J connectivity index is 1.41. The van der Waals surface area contributed by atoms with Crippen LogP contribution in [-0.2, 0) is 9.53 Å². The Morgan fingerprint density at radius 2 is 1.79 bits per heavy atom. The average Bonchev–Trinajstić information content (AvgIpc) is 3.16. The van der Waals surface area contributed by atoms with Gasteiger partial charge in [-0.3, -0.25) is 9.59 Å². The Kier molecular flexibility index (Phi) is 5.89. The molecule has 2 fully saturated rings. The van der Waals surface area contributed by atoms with E-state index in [1.807, 2.05) is 25.1 Å². The molecule has 2 aliphatic rings. The fourth-order valence-corrected chi connectivity index (χ4v) is 3.89. The lowest BCUT2D eigenvalue weighted by atomic mass is 9.91. The molecule has 3 unspecified atom stereocenters. The van der Waals surface area contributed by atoms with Gasteiger partial charge >= 0.3 is 0 Å². The van der Waals surface area contributed by atoms with Crippen molar-refractivity contribution in [2.24, 2.45) is 5.92 Å². The Morgan fingerprint density at radius 1 is 1.03 bits per heavy atom. The highest BCUT2D eigenvalue weighted by Crippen LogP contribution is 2.28. The smallest absolute Gasteiger partial charge is 0.254 e. The zero-order valence-electron chi connectivity index (χ0n) is 16.4. The van der Waals surface area contributed by atoms with E-state index in [1.165, 1.54) is 0 Å². The molecule has 4 rings (SSSR count). The van der Waals surface area contributed by atoms with Crippen LogP contribution in [0, 0.1) is 5.92 Å². The quantitative estimate of drug-likeness (QED) is 0.738. The maximum absolute atomic E-state index is 12.9. The van der Waals surface area contributed by atoms with Crippen LogP contribution in [0.2, 0.25) is 0 Å². The van der Waals surface area contributed by atoms with Gasteiger partial charge in [-0.25, -0.2) is 10.9 Å². The minimum atomic E-state index is -0.376. The number of rotatable bonds is 4. The van der Waals surface area contributed by atoms with E-state index in [9.17, 15) is 9.59 Å². The van der Waals surface area contributed by atoms with E-state index in [4.69, 9.17) is 4.74 Å². The highest BCUT2D eigenvalue weighted by Gasteiger charge is 2.37. The first kappa shape index (κ1) is 19.6. The summed E-state index contributed by atoms with van der Waals surface area (Å²) in [5, 5.41) is 2.95. The molecule has 3 atom stereocenters. The second-order valence-corrected chi connectivity index (χ2v) is 7.49. The van der Waals surface area contributed by atoms with Gasteiger partial charge in [0, 0.05) is 30.3 Å². The van der Waals surface area contributed by atoms with Crippen molar-refractivity contribution in [2.75, 3.05) is 31.6 Å². The molecule has 2 aromatic carbocycles. The summed E-state index contributed by atoms with van der Waals surface area (Å²) in [6.07, 6.45) is 0. The molecular weight excluding hydrogens is 368 g/mol. The highest BCUT2D eigenvalue weighted by atomic mass is 16.5. The van der Waals surface area contributed by atoms with E-state index in [0.717, 1.165) is 5.56 Å². The zero-order valence-corrected chi connectivity index (χ0v) is 16.4. The molecule has 0 radical (unpaired) electrons. The standard InChI is InChI=1S/C22H26N4O3/c1-15-19(16-6-3-2-4-7-16)24-25-20(15)21(27)23-18-9-5-8-17(14-18)22(28)26-10-12-29-13-11-26/h2-9,14-15,19-20,24-25H,10-13H2,1H3,(H,23,27). The first-order valence-electron chi connectivity index (χ1n) is 9.97. The predicted molar refractivity (Wildman–Crippen MR) is 110 cm³/mol. The molecule has 152 valence electrons. The second-order valence-electron chi connectivity index (χ2n) is 7.49. The van der Waals surface area contributed by atoms with Crippen LogP contribution in [0.3, 0.4) is 0 Å².